The Labute approximate surface area is 167 Å². The summed E-state index contributed by atoms with van der Waals surface area (Å²) in [5.74, 6) is 0. The molecule has 0 bridgehead atoms. The van der Waals surface area contributed by atoms with E-state index < -0.39 is 0 Å². The van der Waals surface area contributed by atoms with Crippen LogP contribution in [0.15, 0.2) is 24.3 Å². The zero-order valence-electron chi connectivity index (χ0n) is 14.9. The fourth-order valence-electron chi connectivity index (χ4n) is 3.97. The third kappa shape index (κ3) is 1.79. The number of fused-ring (bicyclic) bond motifs is 9. The van der Waals surface area contributed by atoms with Crippen LogP contribution in [-0.2, 0) is 0 Å². The molecule has 0 fully saturated rings. The molecule has 6 aromatic rings. The molecule has 6 rings (SSSR count). The van der Waals surface area contributed by atoms with E-state index in [4.69, 9.17) is 0 Å². The maximum absolute atomic E-state index is 2.35. The summed E-state index contributed by atoms with van der Waals surface area (Å²) >= 11 is 7.90. The molecule has 0 radical (unpaired) electrons. The molecule has 0 amide bonds. The van der Waals surface area contributed by atoms with Crippen LogP contribution in [0.2, 0.25) is 0 Å². The monoisotopic (exact) mass is 408 g/mol. The third-order valence-corrected chi connectivity index (χ3v) is 11.1. The smallest absolute Gasteiger partial charge is 0.0543 e. The molecule has 4 heterocycles. The molecule has 0 nitrogen and oxygen atoms in total. The SMILES string of the molecule is Cc1sc2c(ccc3c2sc2c4ccc5c(C)c(C)sc5c4sc32)c1C. The van der Waals surface area contributed by atoms with Gasteiger partial charge in [0.05, 0.1) is 28.2 Å². The molecule has 0 saturated carbocycles. The van der Waals surface area contributed by atoms with Crippen LogP contribution in [0.5, 0.6) is 0 Å². The Bertz CT molecular complexity index is 1400. The molecule has 0 aliphatic rings. The van der Waals surface area contributed by atoms with Gasteiger partial charge in [-0.05, 0) is 49.6 Å². The Morgan fingerprint density at radius 3 is 1.12 bits per heavy atom. The Hall–Kier alpha value is -1.46. The van der Waals surface area contributed by atoms with Gasteiger partial charge in [0.2, 0.25) is 0 Å². The topological polar surface area (TPSA) is 0 Å². The van der Waals surface area contributed by atoms with Gasteiger partial charge in [-0.2, -0.15) is 0 Å². The minimum absolute atomic E-state index is 1.44. The molecule has 0 N–H and O–H groups in total. The number of hydrogen-bond acceptors (Lipinski definition) is 4. The average molecular weight is 409 g/mol. The summed E-state index contributed by atoms with van der Waals surface area (Å²) in [4.78, 5) is 2.89. The third-order valence-electron chi connectivity index (χ3n) is 5.70. The van der Waals surface area contributed by atoms with Crippen molar-refractivity contribution in [3.63, 3.8) is 0 Å². The molecule has 0 spiro atoms. The number of thiophene rings is 4. The van der Waals surface area contributed by atoms with Crippen LogP contribution in [-0.4, -0.2) is 0 Å². The highest BCUT2D eigenvalue weighted by atomic mass is 32.1. The van der Waals surface area contributed by atoms with E-state index in [0.29, 0.717) is 0 Å². The molecular weight excluding hydrogens is 393 g/mol. The molecule has 0 aliphatic heterocycles. The normalized spacial score (nSPS) is 12.6. The maximum Gasteiger partial charge on any atom is 0.0543 e. The van der Waals surface area contributed by atoms with E-state index in [1.165, 1.54) is 70.6 Å². The van der Waals surface area contributed by atoms with Gasteiger partial charge in [0.15, 0.2) is 0 Å². The zero-order chi connectivity index (χ0) is 17.7. The summed E-state index contributed by atoms with van der Waals surface area (Å²) in [7, 11) is 0. The van der Waals surface area contributed by atoms with Crippen molar-refractivity contribution in [3.8, 4) is 0 Å². The summed E-state index contributed by atoms with van der Waals surface area (Å²) in [5.41, 5.74) is 2.89. The van der Waals surface area contributed by atoms with E-state index in [1.54, 1.807) is 0 Å². The lowest BCUT2D eigenvalue weighted by atomic mass is 10.1. The molecule has 0 saturated heterocycles. The van der Waals surface area contributed by atoms with Crippen LogP contribution in [0.3, 0.4) is 0 Å². The van der Waals surface area contributed by atoms with Gasteiger partial charge in [-0.3, -0.25) is 0 Å². The average Bonchev–Trinajstić information content (AvgIpc) is 3.31. The maximum atomic E-state index is 2.35. The van der Waals surface area contributed by atoms with E-state index in [2.05, 4.69) is 52.0 Å². The van der Waals surface area contributed by atoms with Gasteiger partial charge in [0, 0.05) is 20.5 Å². The van der Waals surface area contributed by atoms with Gasteiger partial charge < -0.3 is 0 Å². The van der Waals surface area contributed by atoms with Gasteiger partial charge in [-0.25, -0.2) is 0 Å². The Morgan fingerprint density at radius 2 is 0.731 bits per heavy atom. The van der Waals surface area contributed by atoms with Crippen LogP contribution in [0.4, 0.5) is 0 Å². The van der Waals surface area contributed by atoms with Crippen molar-refractivity contribution in [2.75, 3.05) is 0 Å². The van der Waals surface area contributed by atoms with Gasteiger partial charge in [0.25, 0.3) is 0 Å². The van der Waals surface area contributed by atoms with Crippen molar-refractivity contribution in [3.05, 3.63) is 45.1 Å². The number of hydrogen-bond donors (Lipinski definition) is 0. The van der Waals surface area contributed by atoms with E-state index in [0.717, 1.165) is 0 Å². The molecule has 4 aromatic heterocycles. The van der Waals surface area contributed by atoms with E-state index in [-0.39, 0.29) is 0 Å². The predicted octanol–water partition coefficient (Wildman–Crippen LogP) is 8.93. The highest BCUT2D eigenvalue weighted by Crippen LogP contribution is 2.50. The predicted molar refractivity (Wildman–Crippen MR) is 124 cm³/mol. The molecule has 2 aromatic carbocycles. The summed E-state index contributed by atoms with van der Waals surface area (Å²) in [6, 6.07) is 9.38. The second-order valence-electron chi connectivity index (χ2n) is 7.07. The van der Waals surface area contributed by atoms with Crippen molar-refractivity contribution >= 4 is 95.1 Å². The first-order valence-corrected chi connectivity index (χ1v) is 12.0. The largest absolute Gasteiger partial charge is 0.139 e. The van der Waals surface area contributed by atoms with Gasteiger partial charge in [-0.1, -0.05) is 24.3 Å². The number of aryl methyl sites for hydroxylation is 4. The first-order valence-electron chi connectivity index (χ1n) is 8.70. The van der Waals surface area contributed by atoms with Crippen LogP contribution in [0.25, 0.3) is 49.7 Å². The summed E-state index contributed by atoms with van der Waals surface area (Å²) < 4.78 is 8.85. The molecular formula is C22H16S4. The molecule has 26 heavy (non-hydrogen) atoms. The second-order valence-corrected chi connectivity index (χ2v) is 11.6. The van der Waals surface area contributed by atoms with E-state index >= 15 is 0 Å². The van der Waals surface area contributed by atoms with Crippen molar-refractivity contribution in [1.29, 1.82) is 0 Å². The second kappa shape index (κ2) is 5.08. The van der Waals surface area contributed by atoms with Gasteiger partial charge in [-0.15, -0.1) is 45.3 Å². The van der Waals surface area contributed by atoms with E-state index in [1.807, 2.05) is 45.3 Å². The number of benzene rings is 2. The summed E-state index contributed by atoms with van der Waals surface area (Å²) in [6.07, 6.45) is 0. The lowest BCUT2D eigenvalue weighted by Gasteiger charge is -1.95. The van der Waals surface area contributed by atoms with Crippen molar-refractivity contribution in [1.82, 2.24) is 0 Å². The molecule has 4 heteroatoms. The Balaban J connectivity index is 1.82. The fraction of sp³-hybridized carbons (Fsp3) is 0.182. The van der Waals surface area contributed by atoms with Crippen molar-refractivity contribution in [2.24, 2.45) is 0 Å². The van der Waals surface area contributed by atoms with E-state index in [9.17, 15) is 0 Å². The Morgan fingerprint density at radius 1 is 0.423 bits per heavy atom. The van der Waals surface area contributed by atoms with Gasteiger partial charge >= 0.3 is 0 Å². The lowest BCUT2D eigenvalue weighted by Crippen LogP contribution is -1.70. The zero-order valence-corrected chi connectivity index (χ0v) is 18.2. The highest BCUT2D eigenvalue weighted by molar-refractivity contribution is 7.39. The molecule has 0 atom stereocenters. The first kappa shape index (κ1) is 15.6. The minimum atomic E-state index is 1.44. The summed E-state index contributed by atoms with van der Waals surface area (Å²) in [6.45, 7) is 9.00. The first-order chi connectivity index (χ1) is 12.5. The van der Waals surface area contributed by atoms with Crippen LogP contribution in [0, 0.1) is 27.7 Å². The summed E-state index contributed by atoms with van der Waals surface area (Å²) in [5, 5.41) is 5.76. The quantitative estimate of drug-likeness (QED) is 0.235. The van der Waals surface area contributed by atoms with Crippen LogP contribution < -0.4 is 0 Å². The van der Waals surface area contributed by atoms with Gasteiger partial charge in [0.1, 0.15) is 0 Å². The van der Waals surface area contributed by atoms with Crippen LogP contribution >= 0.6 is 45.3 Å². The van der Waals surface area contributed by atoms with Crippen LogP contribution in [0.1, 0.15) is 20.9 Å². The van der Waals surface area contributed by atoms with Crippen molar-refractivity contribution < 1.29 is 0 Å². The lowest BCUT2D eigenvalue weighted by molar-refractivity contribution is 1.47. The van der Waals surface area contributed by atoms with Crippen molar-refractivity contribution in [2.45, 2.75) is 27.7 Å². The Kier molecular flexibility index (Phi) is 3.04. The molecule has 128 valence electrons. The fourth-order valence-corrected chi connectivity index (χ4v) is 9.39. The molecule has 0 unspecified atom stereocenters. The number of rotatable bonds is 0. The standard InChI is InChI=1S/C22H16S4/c1-9-11(3)23-17-13(9)5-7-15-19(17)25-22-16-8-6-14-10(2)12(4)24-18(14)20(16)26-21(15)22/h5-8H,1-4H3. The molecule has 0 aliphatic carbocycles. The highest BCUT2D eigenvalue weighted by Gasteiger charge is 2.18. The minimum Gasteiger partial charge on any atom is -0.139 e.